The standard InChI is InChI=1S/C17H17N3OS/c1-21-13-7-5-12(6-8-13)16-15(9-10-18)22-17(20-16)14-4-2-3-11-19-14/h2-8,11H,9-10,18H2,1H3. The van der Waals surface area contributed by atoms with Gasteiger partial charge in [-0.1, -0.05) is 6.07 Å². The predicted molar refractivity (Wildman–Crippen MR) is 90.1 cm³/mol. The Morgan fingerprint density at radius 3 is 2.59 bits per heavy atom. The first-order valence-corrected chi connectivity index (χ1v) is 7.89. The second-order valence-electron chi connectivity index (χ2n) is 4.77. The summed E-state index contributed by atoms with van der Waals surface area (Å²) in [6, 6.07) is 13.8. The molecule has 0 spiro atoms. The van der Waals surface area contributed by atoms with Crippen LogP contribution in [0.2, 0.25) is 0 Å². The average molecular weight is 311 g/mol. The molecule has 3 rings (SSSR count). The van der Waals surface area contributed by atoms with Crippen LogP contribution in [-0.4, -0.2) is 23.6 Å². The van der Waals surface area contributed by atoms with Gasteiger partial charge in [0.1, 0.15) is 10.8 Å². The number of aromatic nitrogens is 2. The summed E-state index contributed by atoms with van der Waals surface area (Å²) in [5.41, 5.74) is 8.70. The summed E-state index contributed by atoms with van der Waals surface area (Å²) in [4.78, 5) is 10.4. The van der Waals surface area contributed by atoms with Gasteiger partial charge >= 0.3 is 0 Å². The van der Waals surface area contributed by atoms with E-state index in [2.05, 4.69) is 4.98 Å². The molecule has 5 heteroatoms. The minimum absolute atomic E-state index is 0.604. The van der Waals surface area contributed by atoms with Gasteiger partial charge in [-0.2, -0.15) is 0 Å². The molecule has 112 valence electrons. The molecule has 22 heavy (non-hydrogen) atoms. The number of nitrogens with two attached hydrogens (primary N) is 1. The zero-order valence-corrected chi connectivity index (χ0v) is 13.1. The number of nitrogens with zero attached hydrogens (tertiary/aromatic N) is 2. The fraction of sp³-hybridized carbons (Fsp3) is 0.176. The minimum atomic E-state index is 0.604. The van der Waals surface area contributed by atoms with Crippen molar-refractivity contribution in [2.75, 3.05) is 13.7 Å². The number of pyridine rings is 1. The quantitative estimate of drug-likeness (QED) is 0.784. The maximum atomic E-state index is 5.74. The highest BCUT2D eigenvalue weighted by Gasteiger charge is 2.14. The van der Waals surface area contributed by atoms with E-state index in [1.807, 2.05) is 42.5 Å². The van der Waals surface area contributed by atoms with Crippen molar-refractivity contribution in [2.24, 2.45) is 5.73 Å². The first kappa shape index (κ1) is 14.7. The van der Waals surface area contributed by atoms with Gasteiger partial charge in [0, 0.05) is 16.6 Å². The first-order chi connectivity index (χ1) is 10.8. The van der Waals surface area contributed by atoms with Crippen molar-refractivity contribution in [3.8, 4) is 27.7 Å². The molecule has 0 unspecified atom stereocenters. The maximum absolute atomic E-state index is 5.74. The van der Waals surface area contributed by atoms with Crippen molar-refractivity contribution >= 4 is 11.3 Å². The van der Waals surface area contributed by atoms with Crippen LogP contribution in [0.15, 0.2) is 48.7 Å². The molecule has 2 N–H and O–H groups in total. The first-order valence-electron chi connectivity index (χ1n) is 7.07. The molecule has 2 heterocycles. The van der Waals surface area contributed by atoms with E-state index in [4.69, 9.17) is 15.5 Å². The summed E-state index contributed by atoms with van der Waals surface area (Å²) in [6.45, 7) is 0.604. The third-order valence-corrected chi connectivity index (χ3v) is 4.45. The van der Waals surface area contributed by atoms with Gasteiger partial charge in [-0.3, -0.25) is 4.98 Å². The zero-order chi connectivity index (χ0) is 15.4. The number of hydrogen-bond donors (Lipinski definition) is 1. The molecule has 0 aliphatic heterocycles. The summed E-state index contributed by atoms with van der Waals surface area (Å²) in [5, 5.41) is 0.926. The molecular weight excluding hydrogens is 294 g/mol. The molecule has 0 atom stereocenters. The largest absolute Gasteiger partial charge is 0.497 e. The molecule has 3 aromatic rings. The number of hydrogen-bond acceptors (Lipinski definition) is 5. The Morgan fingerprint density at radius 1 is 1.14 bits per heavy atom. The van der Waals surface area contributed by atoms with Gasteiger partial charge in [0.15, 0.2) is 0 Å². The van der Waals surface area contributed by atoms with Gasteiger partial charge in [-0.15, -0.1) is 11.3 Å². The van der Waals surface area contributed by atoms with Gasteiger partial charge < -0.3 is 10.5 Å². The van der Waals surface area contributed by atoms with Crippen LogP contribution in [0.25, 0.3) is 22.0 Å². The van der Waals surface area contributed by atoms with Crippen LogP contribution in [0.1, 0.15) is 4.88 Å². The zero-order valence-electron chi connectivity index (χ0n) is 12.3. The van der Waals surface area contributed by atoms with E-state index in [0.717, 1.165) is 34.1 Å². The lowest BCUT2D eigenvalue weighted by molar-refractivity contribution is 0.415. The molecule has 0 amide bonds. The van der Waals surface area contributed by atoms with Crippen molar-refractivity contribution in [3.63, 3.8) is 0 Å². The van der Waals surface area contributed by atoms with E-state index in [9.17, 15) is 0 Å². The van der Waals surface area contributed by atoms with Crippen molar-refractivity contribution in [2.45, 2.75) is 6.42 Å². The highest BCUT2D eigenvalue weighted by atomic mass is 32.1. The highest BCUT2D eigenvalue weighted by Crippen LogP contribution is 2.33. The Balaban J connectivity index is 2.03. The van der Waals surface area contributed by atoms with Crippen LogP contribution in [0, 0.1) is 0 Å². The molecule has 0 bridgehead atoms. The Morgan fingerprint density at radius 2 is 1.95 bits per heavy atom. The lowest BCUT2D eigenvalue weighted by atomic mass is 10.1. The number of benzene rings is 1. The van der Waals surface area contributed by atoms with Gasteiger partial charge in [-0.25, -0.2) is 4.98 Å². The third-order valence-electron chi connectivity index (χ3n) is 3.32. The van der Waals surface area contributed by atoms with Gasteiger partial charge in [0.2, 0.25) is 0 Å². The molecule has 0 radical (unpaired) electrons. The Bertz CT molecular complexity index is 738. The molecule has 0 aliphatic rings. The molecule has 2 aromatic heterocycles. The molecule has 0 saturated carbocycles. The second kappa shape index (κ2) is 6.68. The van der Waals surface area contributed by atoms with E-state index in [1.165, 1.54) is 4.88 Å². The second-order valence-corrected chi connectivity index (χ2v) is 5.86. The average Bonchev–Trinajstić information content (AvgIpc) is 3.00. The van der Waals surface area contributed by atoms with E-state index in [0.29, 0.717) is 6.54 Å². The summed E-state index contributed by atoms with van der Waals surface area (Å²) < 4.78 is 5.21. The monoisotopic (exact) mass is 311 g/mol. The van der Waals surface area contributed by atoms with Crippen molar-refractivity contribution in [3.05, 3.63) is 53.5 Å². The van der Waals surface area contributed by atoms with Crippen LogP contribution < -0.4 is 10.5 Å². The van der Waals surface area contributed by atoms with Crippen LogP contribution >= 0.6 is 11.3 Å². The van der Waals surface area contributed by atoms with Crippen LogP contribution in [-0.2, 0) is 6.42 Å². The molecule has 0 aliphatic carbocycles. The third kappa shape index (κ3) is 3.00. The molecule has 4 nitrogen and oxygen atoms in total. The maximum Gasteiger partial charge on any atom is 0.142 e. The summed E-state index contributed by atoms with van der Waals surface area (Å²) in [7, 11) is 1.66. The van der Waals surface area contributed by atoms with Crippen LogP contribution in [0.4, 0.5) is 0 Å². The SMILES string of the molecule is COc1ccc(-c2nc(-c3ccccn3)sc2CCN)cc1. The van der Waals surface area contributed by atoms with Gasteiger partial charge in [-0.05, 0) is 49.4 Å². The fourth-order valence-corrected chi connectivity index (χ4v) is 3.30. The topological polar surface area (TPSA) is 61.0 Å². The summed E-state index contributed by atoms with van der Waals surface area (Å²) in [5.74, 6) is 0.837. The summed E-state index contributed by atoms with van der Waals surface area (Å²) in [6.07, 6.45) is 2.60. The molecule has 0 fully saturated rings. The lowest BCUT2D eigenvalue weighted by Crippen LogP contribution is -2.02. The fourth-order valence-electron chi connectivity index (χ4n) is 2.23. The highest BCUT2D eigenvalue weighted by molar-refractivity contribution is 7.15. The number of thiazole rings is 1. The van der Waals surface area contributed by atoms with Crippen molar-refractivity contribution < 1.29 is 4.74 Å². The number of ether oxygens (including phenoxy) is 1. The van der Waals surface area contributed by atoms with E-state index in [1.54, 1.807) is 24.6 Å². The Kier molecular flexibility index (Phi) is 4.46. The smallest absolute Gasteiger partial charge is 0.142 e. The van der Waals surface area contributed by atoms with Gasteiger partial charge in [0.25, 0.3) is 0 Å². The predicted octanol–water partition coefficient (Wildman–Crippen LogP) is 3.38. The Labute approximate surface area is 133 Å². The lowest BCUT2D eigenvalue weighted by Gasteiger charge is -2.03. The minimum Gasteiger partial charge on any atom is -0.497 e. The Hall–Kier alpha value is -2.24. The molecule has 1 aromatic carbocycles. The number of rotatable bonds is 5. The van der Waals surface area contributed by atoms with Crippen molar-refractivity contribution in [1.29, 1.82) is 0 Å². The van der Waals surface area contributed by atoms with Gasteiger partial charge in [0.05, 0.1) is 18.5 Å². The normalized spacial score (nSPS) is 10.6. The van der Waals surface area contributed by atoms with E-state index < -0.39 is 0 Å². The van der Waals surface area contributed by atoms with Crippen LogP contribution in [0.5, 0.6) is 5.75 Å². The summed E-state index contributed by atoms with van der Waals surface area (Å²) >= 11 is 1.66. The number of methoxy groups -OCH3 is 1. The van der Waals surface area contributed by atoms with Crippen molar-refractivity contribution in [1.82, 2.24) is 9.97 Å². The van der Waals surface area contributed by atoms with E-state index in [-0.39, 0.29) is 0 Å². The molecular formula is C17H17N3OS. The van der Waals surface area contributed by atoms with Crippen LogP contribution in [0.3, 0.4) is 0 Å². The van der Waals surface area contributed by atoms with E-state index >= 15 is 0 Å². The molecule has 0 saturated heterocycles.